The van der Waals surface area contributed by atoms with Gasteiger partial charge in [-0.05, 0) is 54.1 Å². The monoisotopic (exact) mass is 472 g/mol. The molecule has 8 heteroatoms. The molecule has 0 atom stereocenters. The number of carbonyl (C=O) groups is 1. The molecule has 1 amide bonds. The number of thiophene rings is 1. The van der Waals surface area contributed by atoms with E-state index in [9.17, 15) is 13.2 Å². The van der Waals surface area contributed by atoms with E-state index in [-0.39, 0.29) is 11.8 Å². The quantitative estimate of drug-likeness (QED) is 0.487. The number of rotatable bonds is 7. The molecule has 0 bridgehead atoms. The van der Waals surface area contributed by atoms with Gasteiger partial charge in [-0.1, -0.05) is 36.4 Å². The van der Waals surface area contributed by atoms with E-state index in [0.717, 1.165) is 11.4 Å². The maximum absolute atomic E-state index is 12.7. The largest absolute Gasteiger partial charge is 0.326 e. The van der Waals surface area contributed by atoms with E-state index in [1.807, 2.05) is 42.5 Å². The van der Waals surface area contributed by atoms with E-state index in [1.54, 1.807) is 29.3 Å². The molecule has 1 fully saturated rings. The molecule has 0 saturated carbocycles. The van der Waals surface area contributed by atoms with Crippen LogP contribution in [0.25, 0.3) is 0 Å². The van der Waals surface area contributed by atoms with Crippen LogP contribution in [-0.4, -0.2) is 31.7 Å². The Bertz CT molecular complexity index is 1090. The Hall–Kier alpha value is -2.13. The fourth-order valence-corrected chi connectivity index (χ4v) is 7.00. The van der Waals surface area contributed by atoms with Gasteiger partial charge in [-0.2, -0.15) is 4.31 Å². The number of nitrogens with zero attached hydrogens (tertiary/aromatic N) is 1. The van der Waals surface area contributed by atoms with Gasteiger partial charge in [0, 0.05) is 35.3 Å². The van der Waals surface area contributed by atoms with Crippen molar-refractivity contribution < 1.29 is 13.2 Å². The van der Waals surface area contributed by atoms with Crippen molar-refractivity contribution >= 4 is 44.7 Å². The van der Waals surface area contributed by atoms with Gasteiger partial charge in [0.1, 0.15) is 4.21 Å². The molecule has 1 aromatic heterocycles. The van der Waals surface area contributed by atoms with Crippen molar-refractivity contribution in [2.75, 3.05) is 18.4 Å². The minimum absolute atomic E-state index is 0.0421. The Labute approximate surface area is 191 Å². The summed E-state index contributed by atoms with van der Waals surface area (Å²) in [5.74, 6) is 0.651. The number of hydrogen-bond donors (Lipinski definition) is 1. The van der Waals surface area contributed by atoms with Gasteiger partial charge in [0.15, 0.2) is 0 Å². The standard InChI is InChI=1S/C23H24N2O3S3/c26-23(19-12-14-25(15-13-19)31(27,28)22-7-4-16-29-22)24-20-10-8-18(9-11-20)17-30-21-5-2-1-3-6-21/h1-11,16,19H,12-15,17H2,(H,24,26). The normalized spacial score (nSPS) is 15.6. The van der Waals surface area contributed by atoms with Crippen LogP contribution in [0.1, 0.15) is 18.4 Å². The van der Waals surface area contributed by atoms with Crippen molar-refractivity contribution in [3.63, 3.8) is 0 Å². The Morgan fingerprint density at radius 3 is 2.35 bits per heavy atom. The number of hydrogen-bond acceptors (Lipinski definition) is 5. The topological polar surface area (TPSA) is 66.5 Å². The molecule has 1 saturated heterocycles. The number of benzene rings is 2. The summed E-state index contributed by atoms with van der Waals surface area (Å²) in [5.41, 5.74) is 1.96. The second-order valence-corrected chi connectivity index (χ2v) is 11.6. The van der Waals surface area contributed by atoms with Gasteiger partial charge in [0.2, 0.25) is 5.91 Å². The smallest absolute Gasteiger partial charge is 0.252 e. The molecule has 0 radical (unpaired) electrons. The van der Waals surface area contributed by atoms with Crippen molar-refractivity contribution in [1.82, 2.24) is 4.31 Å². The Morgan fingerprint density at radius 2 is 1.71 bits per heavy atom. The average molecular weight is 473 g/mol. The molecule has 5 nitrogen and oxygen atoms in total. The van der Waals surface area contributed by atoms with Crippen LogP contribution in [0.3, 0.4) is 0 Å². The van der Waals surface area contributed by atoms with Gasteiger partial charge >= 0.3 is 0 Å². The van der Waals surface area contributed by atoms with E-state index < -0.39 is 10.0 Å². The summed E-state index contributed by atoms with van der Waals surface area (Å²) in [4.78, 5) is 13.9. The predicted molar refractivity (Wildman–Crippen MR) is 127 cm³/mol. The lowest BCUT2D eigenvalue weighted by Gasteiger charge is -2.30. The van der Waals surface area contributed by atoms with Crippen molar-refractivity contribution in [2.24, 2.45) is 5.92 Å². The van der Waals surface area contributed by atoms with Crippen LogP contribution in [0.15, 0.2) is 81.2 Å². The van der Waals surface area contributed by atoms with Gasteiger partial charge in [-0.3, -0.25) is 4.79 Å². The molecule has 162 valence electrons. The summed E-state index contributed by atoms with van der Waals surface area (Å²) >= 11 is 3.00. The molecule has 4 rings (SSSR count). The van der Waals surface area contributed by atoms with E-state index >= 15 is 0 Å². The van der Waals surface area contributed by atoms with Crippen molar-refractivity contribution in [2.45, 2.75) is 27.7 Å². The van der Waals surface area contributed by atoms with E-state index in [0.29, 0.717) is 30.1 Å². The Kier molecular flexibility index (Phi) is 7.12. The van der Waals surface area contributed by atoms with Gasteiger partial charge in [-0.15, -0.1) is 23.1 Å². The molecule has 2 aromatic carbocycles. The second kappa shape index (κ2) is 9.99. The van der Waals surface area contributed by atoms with Crippen LogP contribution in [-0.2, 0) is 20.6 Å². The first-order chi connectivity index (χ1) is 15.0. The lowest BCUT2D eigenvalue weighted by molar-refractivity contribution is -0.120. The number of amides is 1. The van der Waals surface area contributed by atoms with Crippen LogP contribution in [0, 0.1) is 5.92 Å². The zero-order valence-corrected chi connectivity index (χ0v) is 19.4. The molecule has 1 aliphatic heterocycles. The average Bonchev–Trinajstić information content (AvgIpc) is 3.35. The summed E-state index contributed by atoms with van der Waals surface area (Å²) in [6, 6.07) is 21.5. The van der Waals surface area contributed by atoms with E-state index in [2.05, 4.69) is 17.4 Å². The zero-order valence-electron chi connectivity index (χ0n) is 16.9. The molecular formula is C23H24N2O3S3. The van der Waals surface area contributed by atoms with Gasteiger partial charge in [-0.25, -0.2) is 8.42 Å². The van der Waals surface area contributed by atoms with Crippen LogP contribution in [0.5, 0.6) is 0 Å². The van der Waals surface area contributed by atoms with Crippen molar-refractivity contribution in [1.29, 1.82) is 0 Å². The fourth-order valence-electron chi connectivity index (χ4n) is 3.51. The number of piperidine rings is 1. The lowest BCUT2D eigenvalue weighted by atomic mass is 9.97. The molecule has 0 unspecified atom stereocenters. The van der Waals surface area contributed by atoms with Crippen LogP contribution < -0.4 is 5.32 Å². The number of carbonyl (C=O) groups excluding carboxylic acids is 1. The minimum Gasteiger partial charge on any atom is -0.326 e. The minimum atomic E-state index is -3.44. The zero-order chi connectivity index (χ0) is 21.7. The summed E-state index contributed by atoms with van der Waals surface area (Å²) in [6.07, 6.45) is 1.06. The van der Waals surface area contributed by atoms with Crippen LogP contribution in [0.2, 0.25) is 0 Å². The summed E-state index contributed by atoms with van der Waals surface area (Å²) in [5, 5.41) is 4.74. The summed E-state index contributed by atoms with van der Waals surface area (Å²) in [7, 11) is -3.44. The molecular weight excluding hydrogens is 448 g/mol. The first kappa shape index (κ1) is 22.1. The Morgan fingerprint density at radius 1 is 1.00 bits per heavy atom. The Balaban J connectivity index is 1.27. The highest BCUT2D eigenvalue weighted by Crippen LogP contribution is 2.27. The highest BCUT2D eigenvalue weighted by Gasteiger charge is 2.32. The molecule has 3 aromatic rings. The van der Waals surface area contributed by atoms with Crippen LogP contribution >= 0.6 is 23.1 Å². The first-order valence-corrected chi connectivity index (χ1v) is 13.4. The molecule has 0 spiro atoms. The number of thioether (sulfide) groups is 1. The van der Waals surface area contributed by atoms with Gasteiger partial charge in [0.25, 0.3) is 10.0 Å². The maximum atomic E-state index is 12.7. The SMILES string of the molecule is O=C(Nc1ccc(CSc2ccccc2)cc1)C1CCN(S(=O)(=O)c2cccs2)CC1. The summed E-state index contributed by atoms with van der Waals surface area (Å²) in [6.45, 7) is 0.738. The highest BCUT2D eigenvalue weighted by atomic mass is 32.2. The fraction of sp³-hybridized carbons (Fsp3) is 0.261. The van der Waals surface area contributed by atoms with Crippen LogP contribution in [0.4, 0.5) is 5.69 Å². The predicted octanol–water partition coefficient (Wildman–Crippen LogP) is 5.08. The number of nitrogens with one attached hydrogen (secondary N) is 1. The third-order valence-electron chi connectivity index (χ3n) is 5.28. The van der Waals surface area contributed by atoms with Crippen molar-refractivity contribution in [3.05, 3.63) is 77.7 Å². The maximum Gasteiger partial charge on any atom is 0.252 e. The molecule has 2 heterocycles. The number of sulfonamides is 1. The summed E-state index contributed by atoms with van der Waals surface area (Å²) < 4.78 is 27.1. The molecule has 31 heavy (non-hydrogen) atoms. The molecule has 1 aliphatic rings. The third-order valence-corrected chi connectivity index (χ3v) is 9.64. The molecule has 0 aliphatic carbocycles. The first-order valence-electron chi connectivity index (χ1n) is 10.1. The van der Waals surface area contributed by atoms with Gasteiger partial charge < -0.3 is 5.32 Å². The highest BCUT2D eigenvalue weighted by molar-refractivity contribution is 7.98. The van der Waals surface area contributed by atoms with Crippen molar-refractivity contribution in [3.8, 4) is 0 Å². The third kappa shape index (κ3) is 5.57. The van der Waals surface area contributed by atoms with E-state index in [1.165, 1.54) is 26.1 Å². The lowest BCUT2D eigenvalue weighted by Crippen LogP contribution is -2.41. The number of anilines is 1. The molecule has 1 N–H and O–H groups in total. The second-order valence-electron chi connectivity index (χ2n) is 7.40. The van der Waals surface area contributed by atoms with E-state index in [4.69, 9.17) is 0 Å². The van der Waals surface area contributed by atoms with Gasteiger partial charge in [0.05, 0.1) is 0 Å².